The predicted octanol–water partition coefficient (Wildman–Crippen LogP) is 2.96. The molecule has 4 rings (SSSR count). The summed E-state index contributed by atoms with van der Waals surface area (Å²) in [6.45, 7) is 3.60. The first-order valence-corrected chi connectivity index (χ1v) is 8.63. The van der Waals surface area contributed by atoms with E-state index in [1.807, 2.05) is 20.0 Å². The summed E-state index contributed by atoms with van der Waals surface area (Å²) in [5.74, 6) is 0.105. The Labute approximate surface area is 152 Å². The maximum atomic E-state index is 13.5. The number of hydrogen-bond acceptors (Lipinski definition) is 4. The Morgan fingerprint density at radius 3 is 2.81 bits per heavy atom. The van der Waals surface area contributed by atoms with Gasteiger partial charge in [0.05, 0.1) is 16.9 Å². The SMILES string of the molecule is CC1=C(C(=O)N2c3ccccc3C(=O)Nc3cccnc32)CCN(C)C1. The van der Waals surface area contributed by atoms with Crippen molar-refractivity contribution >= 4 is 29.0 Å². The number of carbonyl (C=O) groups excluding carboxylic acids is 2. The molecule has 0 atom stereocenters. The van der Waals surface area contributed by atoms with Crippen molar-refractivity contribution in [3.63, 3.8) is 0 Å². The molecule has 1 aromatic heterocycles. The Kier molecular flexibility index (Phi) is 4.05. The Morgan fingerprint density at radius 2 is 2.00 bits per heavy atom. The van der Waals surface area contributed by atoms with Crippen LogP contribution in [0.15, 0.2) is 53.7 Å². The van der Waals surface area contributed by atoms with Crippen LogP contribution in [-0.2, 0) is 4.79 Å². The van der Waals surface area contributed by atoms with E-state index in [9.17, 15) is 9.59 Å². The summed E-state index contributed by atoms with van der Waals surface area (Å²) in [4.78, 5) is 34.3. The molecule has 1 N–H and O–H groups in total. The van der Waals surface area contributed by atoms with E-state index in [-0.39, 0.29) is 11.8 Å². The lowest BCUT2D eigenvalue weighted by Gasteiger charge is -2.29. The van der Waals surface area contributed by atoms with Crippen LogP contribution in [0.3, 0.4) is 0 Å². The number of amides is 2. The van der Waals surface area contributed by atoms with Crippen LogP contribution in [0.4, 0.5) is 17.2 Å². The molecule has 2 aromatic rings. The van der Waals surface area contributed by atoms with Crippen molar-refractivity contribution in [1.82, 2.24) is 9.88 Å². The summed E-state index contributed by atoms with van der Waals surface area (Å²) >= 11 is 0. The van der Waals surface area contributed by atoms with Crippen molar-refractivity contribution in [2.75, 3.05) is 30.4 Å². The number of aromatic nitrogens is 1. The lowest BCUT2D eigenvalue weighted by molar-refractivity contribution is -0.114. The highest BCUT2D eigenvalue weighted by atomic mass is 16.2. The molecule has 2 amide bonds. The van der Waals surface area contributed by atoms with E-state index < -0.39 is 0 Å². The number of nitrogens with one attached hydrogen (secondary N) is 1. The van der Waals surface area contributed by atoms with E-state index in [1.165, 1.54) is 0 Å². The summed E-state index contributed by atoms with van der Waals surface area (Å²) in [5, 5.41) is 2.87. The van der Waals surface area contributed by atoms with Crippen LogP contribution in [0.1, 0.15) is 23.7 Å². The number of carbonyl (C=O) groups is 2. The smallest absolute Gasteiger partial charge is 0.260 e. The fourth-order valence-corrected chi connectivity index (χ4v) is 3.56. The van der Waals surface area contributed by atoms with Gasteiger partial charge in [-0.2, -0.15) is 0 Å². The van der Waals surface area contributed by atoms with Gasteiger partial charge in [0.25, 0.3) is 11.8 Å². The molecule has 26 heavy (non-hydrogen) atoms. The maximum absolute atomic E-state index is 13.5. The molecule has 2 aliphatic heterocycles. The quantitative estimate of drug-likeness (QED) is 0.860. The van der Waals surface area contributed by atoms with Gasteiger partial charge in [-0.1, -0.05) is 17.7 Å². The zero-order chi connectivity index (χ0) is 18.3. The van der Waals surface area contributed by atoms with E-state index >= 15 is 0 Å². The molecule has 6 nitrogen and oxygen atoms in total. The van der Waals surface area contributed by atoms with Gasteiger partial charge in [0.15, 0.2) is 5.82 Å². The first-order valence-electron chi connectivity index (χ1n) is 8.63. The van der Waals surface area contributed by atoms with Crippen molar-refractivity contribution in [2.24, 2.45) is 0 Å². The Morgan fingerprint density at radius 1 is 1.19 bits per heavy atom. The maximum Gasteiger partial charge on any atom is 0.260 e. The minimum atomic E-state index is -0.237. The molecule has 1 aromatic carbocycles. The number of nitrogens with zero attached hydrogens (tertiary/aromatic N) is 3. The molecule has 0 bridgehead atoms. The van der Waals surface area contributed by atoms with E-state index in [0.29, 0.717) is 29.2 Å². The zero-order valence-corrected chi connectivity index (χ0v) is 14.8. The van der Waals surface area contributed by atoms with Crippen molar-refractivity contribution < 1.29 is 9.59 Å². The Bertz CT molecular complexity index is 935. The van der Waals surface area contributed by atoms with E-state index in [2.05, 4.69) is 15.2 Å². The third kappa shape index (κ3) is 2.68. The normalized spacial score (nSPS) is 17.3. The second-order valence-electron chi connectivity index (χ2n) is 6.73. The van der Waals surface area contributed by atoms with Gasteiger partial charge in [0.2, 0.25) is 0 Å². The molecular formula is C20H20N4O2. The average Bonchev–Trinajstić information content (AvgIpc) is 2.75. The number of rotatable bonds is 1. The van der Waals surface area contributed by atoms with Gasteiger partial charge in [0, 0.05) is 24.9 Å². The number of fused-ring (bicyclic) bond motifs is 2. The predicted molar refractivity (Wildman–Crippen MR) is 101 cm³/mol. The zero-order valence-electron chi connectivity index (χ0n) is 14.8. The van der Waals surface area contributed by atoms with Crippen molar-refractivity contribution in [1.29, 1.82) is 0 Å². The molecule has 0 saturated heterocycles. The van der Waals surface area contributed by atoms with E-state index in [4.69, 9.17) is 0 Å². The highest BCUT2D eigenvalue weighted by Gasteiger charge is 2.33. The van der Waals surface area contributed by atoms with Crippen LogP contribution in [0.2, 0.25) is 0 Å². The van der Waals surface area contributed by atoms with Crippen LogP contribution >= 0.6 is 0 Å². The van der Waals surface area contributed by atoms with Gasteiger partial charge >= 0.3 is 0 Å². The molecule has 0 radical (unpaired) electrons. The second kappa shape index (κ2) is 6.38. The molecular weight excluding hydrogens is 328 g/mol. The summed E-state index contributed by atoms with van der Waals surface area (Å²) in [7, 11) is 2.05. The third-order valence-corrected chi connectivity index (χ3v) is 4.86. The first kappa shape index (κ1) is 16.5. The van der Waals surface area contributed by atoms with E-state index in [0.717, 1.165) is 24.2 Å². The summed E-state index contributed by atoms with van der Waals surface area (Å²) in [6, 6.07) is 10.7. The van der Waals surface area contributed by atoms with Gasteiger partial charge < -0.3 is 10.2 Å². The van der Waals surface area contributed by atoms with Crippen LogP contribution in [0.25, 0.3) is 0 Å². The van der Waals surface area contributed by atoms with Crippen molar-refractivity contribution in [3.05, 3.63) is 59.3 Å². The molecule has 0 fully saturated rings. The van der Waals surface area contributed by atoms with Crippen LogP contribution in [0.5, 0.6) is 0 Å². The van der Waals surface area contributed by atoms with Gasteiger partial charge in [-0.15, -0.1) is 0 Å². The molecule has 0 aliphatic carbocycles. The minimum absolute atomic E-state index is 0.112. The van der Waals surface area contributed by atoms with Crippen LogP contribution < -0.4 is 10.2 Å². The van der Waals surface area contributed by atoms with E-state index in [1.54, 1.807) is 41.4 Å². The fourth-order valence-electron chi connectivity index (χ4n) is 3.56. The molecule has 0 unspecified atom stereocenters. The summed E-state index contributed by atoms with van der Waals surface area (Å²) < 4.78 is 0. The van der Waals surface area contributed by atoms with Gasteiger partial charge in [-0.3, -0.25) is 14.5 Å². The van der Waals surface area contributed by atoms with Crippen molar-refractivity contribution in [2.45, 2.75) is 13.3 Å². The lowest BCUT2D eigenvalue weighted by Crippen LogP contribution is -2.35. The van der Waals surface area contributed by atoms with Crippen molar-refractivity contribution in [3.8, 4) is 0 Å². The minimum Gasteiger partial charge on any atom is -0.319 e. The van der Waals surface area contributed by atoms with Gasteiger partial charge in [-0.25, -0.2) is 4.98 Å². The summed E-state index contributed by atoms with van der Waals surface area (Å²) in [6.07, 6.45) is 2.32. The number of benzene rings is 1. The molecule has 132 valence electrons. The molecule has 0 spiro atoms. The fraction of sp³-hybridized carbons (Fsp3) is 0.250. The largest absolute Gasteiger partial charge is 0.319 e. The standard InChI is InChI=1S/C20H20N4O2/c1-13-12-23(2)11-9-14(13)20(26)24-17-8-4-3-6-15(17)19(25)22-16-7-5-10-21-18(16)24/h3-8,10H,9,11-12H2,1-2H3,(H,22,25). The topological polar surface area (TPSA) is 65.5 Å². The number of likely N-dealkylation sites (N-methyl/N-ethyl adjacent to an activating group) is 1. The Balaban J connectivity index is 1.90. The monoisotopic (exact) mass is 348 g/mol. The highest BCUT2D eigenvalue weighted by Crippen LogP contribution is 2.38. The van der Waals surface area contributed by atoms with Gasteiger partial charge in [-0.05, 0) is 44.7 Å². The van der Waals surface area contributed by atoms with Crippen LogP contribution in [0, 0.1) is 0 Å². The number of anilines is 3. The molecule has 0 saturated carbocycles. The summed E-state index contributed by atoms with van der Waals surface area (Å²) in [5.41, 5.74) is 3.41. The molecule has 3 heterocycles. The molecule has 6 heteroatoms. The lowest BCUT2D eigenvalue weighted by atomic mass is 9.99. The van der Waals surface area contributed by atoms with Gasteiger partial charge in [0.1, 0.15) is 0 Å². The second-order valence-corrected chi connectivity index (χ2v) is 6.73. The third-order valence-electron chi connectivity index (χ3n) is 4.86. The number of hydrogen-bond donors (Lipinski definition) is 1. The van der Waals surface area contributed by atoms with Crippen LogP contribution in [-0.4, -0.2) is 41.8 Å². The number of pyridine rings is 1. The number of para-hydroxylation sites is 1. The molecule has 2 aliphatic rings. The first-order chi connectivity index (χ1) is 12.6. The Hall–Kier alpha value is -2.99. The highest BCUT2D eigenvalue weighted by molar-refractivity contribution is 6.20. The average molecular weight is 348 g/mol.